The highest BCUT2D eigenvalue weighted by atomic mass is 16.6. The van der Waals surface area contributed by atoms with Crippen molar-refractivity contribution in [3.05, 3.63) is 23.8 Å². The van der Waals surface area contributed by atoms with E-state index in [1.807, 2.05) is 18.2 Å². The molecule has 6 nitrogen and oxygen atoms in total. The zero-order valence-electron chi connectivity index (χ0n) is 15.8. The number of rotatable bonds is 7. The van der Waals surface area contributed by atoms with E-state index in [2.05, 4.69) is 22.5 Å². The first-order valence-electron chi connectivity index (χ1n) is 9.86. The highest BCUT2D eigenvalue weighted by Crippen LogP contribution is 2.30. The van der Waals surface area contributed by atoms with Gasteiger partial charge in [0.05, 0.1) is 0 Å². The molecule has 0 saturated carbocycles. The second-order valence-electron chi connectivity index (χ2n) is 7.18. The number of benzene rings is 1. The predicted molar refractivity (Wildman–Crippen MR) is 102 cm³/mol. The van der Waals surface area contributed by atoms with Crippen LogP contribution in [-0.2, 0) is 6.54 Å². The van der Waals surface area contributed by atoms with Crippen LogP contribution in [0.3, 0.4) is 0 Å². The average Bonchev–Trinajstić information content (AvgIpc) is 2.67. The molecule has 26 heavy (non-hydrogen) atoms. The summed E-state index contributed by atoms with van der Waals surface area (Å²) in [6.07, 6.45) is 6.15. The van der Waals surface area contributed by atoms with E-state index < -0.39 is 0 Å². The summed E-state index contributed by atoms with van der Waals surface area (Å²) in [6, 6.07) is 6.37. The van der Waals surface area contributed by atoms with Crippen LogP contribution in [0.2, 0.25) is 0 Å². The molecule has 2 aliphatic heterocycles. The van der Waals surface area contributed by atoms with Crippen molar-refractivity contribution < 1.29 is 14.3 Å². The summed E-state index contributed by atoms with van der Waals surface area (Å²) in [6.45, 7) is 7.04. The third-order valence-electron chi connectivity index (χ3n) is 5.16. The Bertz CT molecular complexity index is 594. The molecule has 0 radical (unpaired) electrons. The van der Waals surface area contributed by atoms with E-state index in [0.29, 0.717) is 25.8 Å². The first kappa shape index (κ1) is 18.8. The molecule has 2 aliphatic rings. The van der Waals surface area contributed by atoms with Crippen LogP contribution < -0.4 is 20.1 Å². The SMILES string of the molecule is CC1CCCCN1CCCCNC(=O)NCc1ccc2c(c1)OCCO2. The monoisotopic (exact) mass is 361 g/mol. The van der Waals surface area contributed by atoms with Crippen molar-refractivity contribution >= 4 is 6.03 Å². The average molecular weight is 361 g/mol. The lowest BCUT2D eigenvalue weighted by molar-refractivity contribution is 0.158. The van der Waals surface area contributed by atoms with Gasteiger partial charge in [-0.2, -0.15) is 0 Å². The second-order valence-corrected chi connectivity index (χ2v) is 7.18. The van der Waals surface area contributed by atoms with Gasteiger partial charge in [0.1, 0.15) is 13.2 Å². The smallest absolute Gasteiger partial charge is 0.315 e. The maximum absolute atomic E-state index is 11.9. The van der Waals surface area contributed by atoms with Crippen LogP contribution in [0.25, 0.3) is 0 Å². The van der Waals surface area contributed by atoms with Gasteiger partial charge in [0.25, 0.3) is 0 Å². The molecule has 144 valence electrons. The van der Waals surface area contributed by atoms with Gasteiger partial charge in [-0.1, -0.05) is 12.5 Å². The van der Waals surface area contributed by atoms with E-state index in [4.69, 9.17) is 9.47 Å². The Balaban J connectivity index is 1.28. The number of carbonyl (C=O) groups excluding carboxylic acids is 1. The van der Waals surface area contributed by atoms with E-state index in [1.165, 1.54) is 25.8 Å². The normalized spacial score (nSPS) is 19.8. The highest BCUT2D eigenvalue weighted by Gasteiger charge is 2.17. The van der Waals surface area contributed by atoms with Crippen molar-refractivity contribution in [2.45, 2.75) is 51.6 Å². The summed E-state index contributed by atoms with van der Waals surface area (Å²) in [4.78, 5) is 14.5. The van der Waals surface area contributed by atoms with Crippen molar-refractivity contribution in [3.63, 3.8) is 0 Å². The minimum atomic E-state index is -0.119. The molecule has 2 N–H and O–H groups in total. The lowest BCUT2D eigenvalue weighted by Gasteiger charge is -2.33. The van der Waals surface area contributed by atoms with Gasteiger partial charge < -0.3 is 25.0 Å². The second kappa shape index (κ2) is 9.67. The summed E-state index contributed by atoms with van der Waals surface area (Å²) >= 11 is 0. The first-order chi connectivity index (χ1) is 12.7. The first-order valence-corrected chi connectivity index (χ1v) is 9.86. The quantitative estimate of drug-likeness (QED) is 0.733. The lowest BCUT2D eigenvalue weighted by Crippen LogP contribution is -2.38. The number of likely N-dealkylation sites (tertiary alicyclic amines) is 1. The summed E-state index contributed by atoms with van der Waals surface area (Å²) in [7, 11) is 0. The summed E-state index contributed by atoms with van der Waals surface area (Å²) in [5.74, 6) is 1.52. The topological polar surface area (TPSA) is 62.8 Å². The van der Waals surface area contributed by atoms with Crippen LogP contribution >= 0.6 is 0 Å². The van der Waals surface area contributed by atoms with Crippen molar-refractivity contribution in [1.82, 2.24) is 15.5 Å². The number of urea groups is 1. The Morgan fingerprint density at radius 3 is 2.85 bits per heavy atom. The molecule has 1 saturated heterocycles. The molecule has 1 aromatic rings. The van der Waals surface area contributed by atoms with Gasteiger partial charge in [0.2, 0.25) is 0 Å². The molecule has 2 amide bonds. The number of carbonyl (C=O) groups is 1. The maximum Gasteiger partial charge on any atom is 0.315 e. The van der Waals surface area contributed by atoms with Gasteiger partial charge in [0, 0.05) is 19.1 Å². The van der Waals surface area contributed by atoms with Gasteiger partial charge in [-0.3, -0.25) is 0 Å². The van der Waals surface area contributed by atoms with Gasteiger partial charge >= 0.3 is 6.03 Å². The minimum absolute atomic E-state index is 0.119. The number of amides is 2. The van der Waals surface area contributed by atoms with Crippen LogP contribution in [-0.4, -0.2) is 49.8 Å². The third-order valence-corrected chi connectivity index (χ3v) is 5.16. The zero-order valence-corrected chi connectivity index (χ0v) is 15.8. The molecule has 0 aromatic heterocycles. The molecule has 1 unspecified atom stereocenters. The maximum atomic E-state index is 11.9. The van der Waals surface area contributed by atoms with Crippen LogP contribution in [0.5, 0.6) is 11.5 Å². The number of hydrogen-bond donors (Lipinski definition) is 2. The number of ether oxygens (including phenoxy) is 2. The number of unbranched alkanes of at least 4 members (excludes halogenated alkanes) is 1. The summed E-state index contributed by atoms with van der Waals surface area (Å²) in [5.41, 5.74) is 1.00. The Hall–Kier alpha value is -1.95. The largest absolute Gasteiger partial charge is 0.486 e. The molecule has 0 bridgehead atoms. The molecule has 2 heterocycles. The van der Waals surface area contributed by atoms with E-state index in [0.717, 1.165) is 43.0 Å². The summed E-state index contributed by atoms with van der Waals surface area (Å²) in [5, 5.41) is 5.84. The predicted octanol–water partition coefficient (Wildman–Crippen LogP) is 2.91. The molecule has 3 rings (SSSR count). The molecule has 0 aliphatic carbocycles. The number of hydrogen-bond acceptors (Lipinski definition) is 4. The van der Waals surface area contributed by atoms with Crippen LogP contribution in [0, 0.1) is 0 Å². The number of fused-ring (bicyclic) bond motifs is 1. The fourth-order valence-corrected chi connectivity index (χ4v) is 3.57. The van der Waals surface area contributed by atoms with E-state index in [9.17, 15) is 4.79 Å². The molecule has 1 aromatic carbocycles. The fraction of sp³-hybridized carbons (Fsp3) is 0.650. The van der Waals surface area contributed by atoms with Crippen LogP contribution in [0.15, 0.2) is 18.2 Å². The number of nitrogens with one attached hydrogen (secondary N) is 2. The fourth-order valence-electron chi connectivity index (χ4n) is 3.57. The van der Waals surface area contributed by atoms with Crippen molar-refractivity contribution in [2.24, 2.45) is 0 Å². The van der Waals surface area contributed by atoms with E-state index in [1.54, 1.807) is 0 Å². The van der Waals surface area contributed by atoms with Gasteiger partial charge in [-0.05, 0) is 63.4 Å². The Kier molecular flexibility index (Phi) is 7.00. The minimum Gasteiger partial charge on any atom is -0.486 e. The Morgan fingerprint density at radius 1 is 1.15 bits per heavy atom. The van der Waals surface area contributed by atoms with E-state index in [-0.39, 0.29) is 6.03 Å². The van der Waals surface area contributed by atoms with Gasteiger partial charge in [-0.15, -0.1) is 0 Å². The van der Waals surface area contributed by atoms with Crippen molar-refractivity contribution in [1.29, 1.82) is 0 Å². The summed E-state index contributed by atoms with van der Waals surface area (Å²) < 4.78 is 11.1. The standard InChI is InChI=1S/C20H31N3O3/c1-16-6-2-4-10-23(16)11-5-3-9-21-20(24)22-15-17-7-8-18-19(14-17)26-13-12-25-18/h7-8,14,16H,2-6,9-13,15H2,1H3,(H2,21,22,24). The molecular weight excluding hydrogens is 330 g/mol. The molecule has 1 atom stereocenters. The van der Waals surface area contributed by atoms with Crippen LogP contribution in [0.1, 0.15) is 44.6 Å². The number of nitrogens with zero attached hydrogens (tertiary/aromatic N) is 1. The Labute approximate surface area is 156 Å². The molecule has 6 heteroatoms. The van der Waals surface area contributed by atoms with Gasteiger partial charge in [-0.25, -0.2) is 4.79 Å². The lowest BCUT2D eigenvalue weighted by atomic mass is 10.0. The highest BCUT2D eigenvalue weighted by molar-refractivity contribution is 5.73. The number of piperidine rings is 1. The van der Waals surface area contributed by atoms with Crippen molar-refractivity contribution in [2.75, 3.05) is 32.8 Å². The third kappa shape index (κ3) is 5.53. The van der Waals surface area contributed by atoms with Crippen molar-refractivity contribution in [3.8, 4) is 11.5 Å². The molecule has 1 fully saturated rings. The Morgan fingerprint density at radius 2 is 2.00 bits per heavy atom. The van der Waals surface area contributed by atoms with Crippen LogP contribution in [0.4, 0.5) is 4.79 Å². The van der Waals surface area contributed by atoms with Gasteiger partial charge in [0.15, 0.2) is 11.5 Å². The molecular formula is C20H31N3O3. The zero-order chi connectivity index (χ0) is 18.2. The van der Waals surface area contributed by atoms with E-state index >= 15 is 0 Å². The molecule has 0 spiro atoms.